The van der Waals surface area contributed by atoms with Gasteiger partial charge in [-0.05, 0) is 24.3 Å². The highest BCUT2D eigenvalue weighted by Gasteiger charge is 2.27. The van der Waals surface area contributed by atoms with Gasteiger partial charge < -0.3 is 14.8 Å². The Bertz CT molecular complexity index is 1130. The molecular formula is C21H19ClN6O. The first-order chi connectivity index (χ1) is 14.2. The van der Waals surface area contributed by atoms with Crippen LogP contribution in [-0.4, -0.2) is 52.9 Å². The summed E-state index contributed by atoms with van der Waals surface area (Å²) in [5.41, 5.74) is 3.16. The Kier molecular flexibility index (Phi) is 4.44. The van der Waals surface area contributed by atoms with Crippen molar-refractivity contribution in [1.29, 1.82) is 0 Å². The molecule has 4 heterocycles. The molecule has 5 rings (SSSR count). The second-order valence-electron chi connectivity index (χ2n) is 7.02. The first kappa shape index (κ1) is 17.8. The summed E-state index contributed by atoms with van der Waals surface area (Å²) < 4.78 is 0. The van der Waals surface area contributed by atoms with Gasteiger partial charge in [0.15, 0.2) is 0 Å². The number of carbonyl (C=O) groups is 1. The van der Waals surface area contributed by atoms with Crippen LogP contribution in [0, 0.1) is 0 Å². The number of anilines is 1. The van der Waals surface area contributed by atoms with Crippen LogP contribution in [0.3, 0.4) is 0 Å². The molecule has 1 amide bonds. The van der Waals surface area contributed by atoms with Crippen molar-refractivity contribution >= 4 is 46.3 Å². The number of fused-ring (bicyclic) bond motifs is 1. The predicted octanol–water partition coefficient (Wildman–Crippen LogP) is 2.87. The summed E-state index contributed by atoms with van der Waals surface area (Å²) in [7, 11) is 0. The molecule has 8 heteroatoms. The molecule has 2 aliphatic rings. The number of amides is 1. The predicted molar refractivity (Wildman–Crippen MR) is 115 cm³/mol. The van der Waals surface area contributed by atoms with Crippen LogP contribution in [0.25, 0.3) is 17.1 Å². The summed E-state index contributed by atoms with van der Waals surface area (Å²) in [5.74, 6) is 0.416. The minimum atomic E-state index is -0.199. The van der Waals surface area contributed by atoms with Gasteiger partial charge in [0.2, 0.25) is 5.96 Å². The number of nitrogens with zero attached hydrogens (tertiary/aromatic N) is 4. The minimum Gasteiger partial charge on any atom is -0.368 e. The number of hydrogen-bond acceptors (Lipinski definition) is 5. The number of rotatable bonds is 2. The van der Waals surface area contributed by atoms with Crippen LogP contribution < -0.4 is 10.2 Å². The number of hydrogen-bond donors (Lipinski definition) is 2. The van der Waals surface area contributed by atoms with Crippen molar-refractivity contribution in [2.45, 2.75) is 0 Å². The molecule has 1 fully saturated rings. The van der Waals surface area contributed by atoms with E-state index in [1.54, 1.807) is 18.5 Å². The highest BCUT2D eigenvalue weighted by molar-refractivity contribution is 6.31. The fourth-order valence-electron chi connectivity index (χ4n) is 3.69. The average molecular weight is 407 g/mol. The molecule has 0 spiro atoms. The van der Waals surface area contributed by atoms with Crippen LogP contribution in [0.2, 0.25) is 5.02 Å². The molecule has 7 nitrogen and oxygen atoms in total. The van der Waals surface area contributed by atoms with Crippen LogP contribution in [-0.2, 0) is 4.79 Å². The van der Waals surface area contributed by atoms with Gasteiger partial charge in [-0.15, -0.1) is 0 Å². The molecule has 3 aromatic rings. The first-order valence-electron chi connectivity index (χ1n) is 9.47. The summed E-state index contributed by atoms with van der Waals surface area (Å²) in [6.45, 7) is 3.36. The van der Waals surface area contributed by atoms with Crippen LogP contribution in [0.1, 0.15) is 5.56 Å². The molecule has 2 aromatic heterocycles. The minimum absolute atomic E-state index is 0.199. The number of pyridine rings is 1. The lowest BCUT2D eigenvalue weighted by atomic mass is 10.2. The topological polar surface area (TPSA) is 76.6 Å². The number of carbonyl (C=O) groups excluding carboxylic acids is 1. The van der Waals surface area contributed by atoms with E-state index in [0.717, 1.165) is 42.8 Å². The van der Waals surface area contributed by atoms with Crippen molar-refractivity contribution in [3.05, 3.63) is 65.1 Å². The zero-order valence-electron chi connectivity index (χ0n) is 15.6. The Morgan fingerprint density at radius 3 is 2.62 bits per heavy atom. The van der Waals surface area contributed by atoms with Crippen LogP contribution in [0.5, 0.6) is 0 Å². The van der Waals surface area contributed by atoms with Crippen molar-refractivity contribution in [2.75, 3.05) is 31.1 Å². The molecule has 2 aliphatic heterocycles. The number of aliphatic imine (C=N–C) groups is 1. The van der Waals surface area contributed by atoms with E-state index in [-0.39, 0.29) is 5.91 Å². The van der Waals surface area contributed by atoms with Crippen LogP contribution >= 0.6 is 11.6 Å². The third-order valence-corrected chi connectivity index (χ3v) is 5.41. The summed E-state index contributed by atoms with van der Waals surface area (Å²) in [4.78, 5) is 28.8. The van der Waals surface area contributed by atoms with Crippen molar-refractivity contribution in [1.82, 2.24) is 20.2 Å². The van der Waals surface area contributed by atoms with Crippen molar-refractivity contribution < 1.29 is 4.79 Å². The monoisotopic (exact) mass is 406 g/mol. The van der Waals surface area contributed by atoms with E-state index >= 15 is 0 Å². The molecule has 0 saturated carbocycles. The fraction of sp³-hybridized carbons (Fsp3) is 0.190. The van der Waals surface area contributed by atoms with Crippen molar-refractivity contribution in [3.8, 4) is 0 Å². The zero-order valence-corrected chi connectivity index (χ0v) is 16.4. The largest absolute Gasteiger partial charge is 0.368 e. The SMILES string of the molecule is O=C1NC(N2CCN(c3ccccc3)CC2)=N/C1=C\c1c[nH]c2ncc(Cl)cc12. The van der Waals surface area contributed by atoms with Crippen molar-refractivity contribution in [3.63, 3.8) is 0 Å². The van der Waals surface area contributed by atoms with Gasteiger partial charge in [-0.3, -0.25) is 10.1 Å². The molecule has 1 saturated heterocycles. The molecule has 0 atom stereocenters. The number of benzene rings is 1. The number of H-pyrrole nitrogens is 1. The van der Waals surface area contributed by atoms with E-state index in [1.165, 1.54) is 5.69 Å². The van der Waals surface area contributed by atoms with E-state index in [2.05, 4.69) is 42.2 Å². The lowest BCUT2D eigenvalue weighted by Gasteiger charge is -2.36. The summed E-state index contributed by atoms with van der Waals surface area (Å²) in [6.07, 6.45) is 5.16. The van der Waals surface area contributed by atoms with Crippen LogP contribution in [0.15, 0.2) is 59.5 Å². The lowest BCUT2D eigenvalue weighted by molar-refractivity contribution is -0.115. The maximum absolute atomic E-state index is 12.5. The van der Waals surface area contributed by atoms with Crippen molar-refractivity contribution in [2.24, 2.45) is 4.99 Å². The van der Waals surface area contributed by atoms with E-state index in [0.29, 0.717) is 16.7 Å². The number of nitrogens with one attached hydrogen (secondary N) is 2. The van der Waals surface area contributed by atoms with Gasteiger partial charge in [0.25, 0.3) is 5.91 Å². The molecule has 146 valence electrons. The van der Waals surface area contributed by atoms with Gasteiger partial charge in [-0.1, -0.05) is 29.8 Å². The molecule has 0 aliphatic carbocycles. The van der Waals surface area contributed by atoms with Gasteiger partial charge in [-0.25, -0.2) is 9.98 Å². The van der Waals surface area contributed by atoms with Crippen LogP contribution in [0.4, 0.5) is 5.69 Å². The van der Waals surface area contributed by atoms with Gasteiger partial charge in [0.05, 0.1) is 5.02 Å². The van der Waals surface area contributed by atoms with E-state index < -0.39 is 0 Å². The number of guanidine groups is 1. The fourth-order valence-corrected chi connectivity index (χ4v) is 3.84. The average Bonchev–Trinajstić information content (AvgIpc) is 3.32. The molecular weight excluding hydrogens is 388 g/mol. The third-order valence-electron chi connectivity index (χ3n) is 5.21. The Balaban J connectivity index is 1.34. The second kappa shape index (κ2) is 7.25. The lowest BCUT2D eigenvalue weighted by Crippen LogP contribution is -2.52. The standard InChI is InChI=1S/C21H19ClN6O/c22-15-11-17-14(12-23-19(17)24-13-15)10-18-20(29)26-21(25-18)28-8-6-27(7-9-28)16-4-2-1-3-5-16/h1-5,10-13H,6-9H2,(H,23,24)(H,25,26,29)/b18-10-. The third kappa shape index (κ3) is 3.45. The highest BCUT2D eigenvalue weighted by atomic mass is 35.5. The molecule has 0 bridgehead atoms. The molecule has 1 aromatic carbocycles. The number of para-hydroxylation sites is 1. The van der Waals surface area contributed by atoms with Gasteiger partial charge >= 0.3 is 0 Å². The Hall–Kier alpha value is -3.32. The number of aromatic amines is 1. The zero-order chi connectivity index (χ0) is 19.8. The Labute approximate surface area is 172 Å². The van der Waals surface area contributed by atoms with E-state index in [9.17, 15) is 4.79 Å². The smallest absolute Gasteiger partial charge is 0.276 e. The summed E-state index contributed by atoms with van der Waals surface area (Å²) in [6, 6.07) is 12.2. The van der Waals surface area contributed by atoms with Gasteiger partial charge in [0.1, 0.15) is 11.3 Å². The number of halogens is 1. The normalized spacial score (nSPS) is 18.4. The first-order valence-corrected chi connectivity index (χ1v) is 9.84. The number of piperazine rings is 1. The van der Waals surface area contributed by atoms with E-state index in [4.69, 9.17) is 11.6 Å². The van der Waals surface area contributed by atoms with Gasteiger partial charge in [-0.2, -0.15) is 0 Å². The Morgan fingerprint density at radius 2 is 1.83 bits per heavy atom. The molecule has 2 N–H and O–H groups in total. The highest BCUT2D eigenvalue weighted by Crippen LogP contribution is 2.24. The van der Waals surface area contributed by atoms with Gasteiger partial charge in [0, 0.05) is 55.2 Å². The van der Waals surface area contributed by atoms with E-state index in [1.807, 2.05) is 24.3 Å². The molecule has 29 heavy (non-hydrogen) atoms. The maximum Gasteiger partial charge on any atom is 0.276 e. The molecule has 0 radical (unpaired) electrons. The number of aromatic nitrogens is 2. The second-order valence-corrected chi connectivity index (χ2v) is 7.46. The summed E-state index contributed by atoms with van der Waals surface area (Å²) in [5, 5.41) is 4.31. The Morgan fingerprint density at radius 1 is 1.07 bits per heavy atom. The summed E-state index contributed by atoms with van der Waals surface area (Å²) >= 11 is 6.06. The molecule has 0 unspecified atom stereocenters. The quantitative estimate of drug-likeness (QED) is 0.641. The maximum atomic E-state index is 12.5.